The molecule has 0 N–H and O–H groups in total. The van der Waals surface area contributed by atoms with Gasteiger partial charge in [-0.1, -0.05) is 124 Å². The van der Waals surface area contributed by atoms with Crippen molar-refractivity contribution in [2.24, 2.45) is 0 Å². The summed E-state index contributed by atoms with van der Waals surface area (Å²) in [6.07, 6.45) is 3.57. The van der Waals surface area contributed by atoms with Crippen molar-refractivity contribution >= 4 is 33.0 Å². The summed E-state index contributed by atoms with van der Waals surface area (Å²) in [6, 6.07) is 31.1. The molecule has 5 nitrogen and oxygen atoms in total. The number of esters is 1. The molecule has 1 heterocycles. The van der Waals surface area contributed by atoms with Gasteiger partial charge >= 0.3 is 5.97 Å². The zero-order valence-electron chi connectivity index (χ0n) is 25.9. The van der Waals surface area contributed by atoms with Crippen molar-refractivity contribution in [3.63, 3.8) is 0 Å². The zero-order chi connectivity index (χ0) is 30.2. The van der Waals surface area contributed by atoms with E-state index in [0.29, 0.717) is 19.4 Å². The summed E-state index contributed by atoms with van der Waals surface area (Å²) in [5, 5.41) is 2.15. The van der Waals surface area contributed by atoms with Gasteiger partial charge in [0.1, 0.15) is 12.2 Å². The third-order valence-corrected chi connectivity index (χ3v) is 13.5. The van der Waals surface area contributed by atoms with E-state index in [1.165, 1.54) is 10.4 Å². The van der Waals surface area contributed by atoms with Crippen molar-refractivity contribution in [2.75, 3.05) is 6.61 Å². The Hall–Kier alpha value is -2.82. The van der Waals surface area contributed by atoms with Gasteiger partial charge in [0, 0.05) is 6.42 Å². The molecule has 0 radical (unpaired) electrons. The number of benzene rings is 3. The second kappa shape index (κ2) is 14.1. The SMILES string of the molecule is CC(C)(C)[Si](OC[C@H]1OC(=O)[C@@H](O[Si](C)(C)C)C/C=C\C[C@@H]1OCc1ccccc1)(c1ccccc1)c1ccccc1. The van der Waals surface area contributed by atoms with Crippen molar-refractivity contribution in [3.8, 4) is 0 Å². The Morgan fingerprint density at radius 3 is 1.83 bits per heavy atom. The summed E-state index contributed by atoms with van der Waals surface area (Å²) in [6.45, 7) is 13.6. The first-order chi connectivity index (χ1) is 20.0. The van der Waals surface area contributed by atoms with Crippen LogP contribution in [-0.4, -0.2) is 47.5 Å². The maximum Gasteiger partial charge on any atom is 0.334 e. The van der Waals surface area contributed by atoms with Gasteiger partial charge in [-0.15, -0.1) is 0 Å². The van der Waals surface area contributed by atoms with Gasteiger partial charge in [0.25, 0.3) is 8.32 Å². The summed E-state index contributed by atoms with van der Waals surface area (Å²) in [7, 11) is -4.85. The molecule has 3 atom stereocenters. The average molecular weight is 603 g/mol. The second-order valence-electron chi connectivity index (χ2n) is 12.9. The summed E-state index contributed by atoms with van der Waals surface area (Å²) in [5.74, 6) is -0.353. The van der Waals surface area contributed by atoms with E-state index in [1.54, 1.807) is 0 Å². The number of ether oxygens (including phenoxy) is 2. The lowest BCUT2D eigenvalue weighted by Crippen LogP contribution is -2.67. The van der Waals surface area contributed by atoms with E-state index >= 15 is 0 Å². The fourth-order valence-corrected chi connectivity index (χ4v) is 11.2. The van der Waals surface area contributed by atoms with Crippen LogP contribution in [0.5, 0.6) is 0 Å². The second-order valence-corrected chi connectivity index (χ2v) is 21.7. The van der Waals surface area contributed by atoms with Gasteiger partial charge in [-0.05, 0) is 47.0 Å². The Kier molecular flexibility index (Phi) is 10.8. The molecule has 0 amide bonds. The highest BCUT2D eigenvalue weighted by Crippen LogP contribution is 2.37. The highest BCUT2D eigenvalue weighted by molar-refractivity contribution is 6.99. The summed E-state index contributed by atoms with van der Waals surface area (Å²) in [4.78, 5) is 13.6. The highest BCUT2D eigenvalue weighted by Gasteiger charge is 2.51. The van der Waals surface area contributed by atoms with Gasteiger partial charge < -0.3 is 18.3 Å². The molecular formula is C35H46O5Si2. The lowest BCUT2D eigenvalue weighted by molar-refractivity contribution is -0.169. The van der Waals surface area contributed by atoms with E-state index in [4.69, 9.17) is 18.3 Å². The van der Waals surface area contributed by atoms with E-state index < -0.39 is 28.8 Å². The highest BCUT2D eigenvalue weighted by atomic mass is 28.4. The van der Waals surface area contributed by atoms with Gasteiger partial charge in [0.2, 0.25) is 0 Å². The van der Waals surface area contributed by atoms with Crippen molar-refractivity contribution in [1.29, 1.82) is 0 Å². The van der Waals surface area contributed by atoms with E-state index in [-0.39, 0.29) is 23.7 Å². The summed E-state index contributed by atoms with van der Waals surface area (Å²) in [5.41, 5.74) is 1.07. The minimum Gasteiger partial charge on any atom is -0.455 e. The summed E-state index contributed by atoms with van der Waals surface area (Å²) < 4.78 is 26.3. The molecule has 1 aliphatic rings. The van der Waals surface area contributed by atoms with Crippen LogP contribution in [0.4, 0.5) is 0 Å². The Bertz CT molecular complexity index is 1240. The number of hydrogen-bond donors (Lipinski definition) is 0. The maximum atomic E-state index is 13.6. The zero-order valence-corrected chi connectivity index (χ0v) is 27.9. The first-order valence-corrected chi connectivity index (χ1v) is 20.2. The van der Waals surface area contributed by atoms with Crippen LogP contribution >= 0.6 is 0 Å². The quantitative estimate of drug-likeness (QED) is 0.148. The van der Waals surface area contributed by atoms with Gasteiger partial charge in [-0.25, -0.2) is 4.79 Å². The number of hydrogen-bond acceptors (Lipinski definition) is 5. The van der Waals surface area contributed by atoms with Crippen LogP contribution in [0.2, 0.25) is 24.7 Å². The minimum atomic E-state index is -2.86. The normalized spacial score (nSPS) is 21.1. The number of carbonyl (C=O) groups is 1. The van der Waals surface area contributed by atoms with E-state index in [2.05, 4.69) is 95.0 Å². The molecule has 0 fully saturated rings. The lowest BCUT2D eigenvalue weighted by Gasteiger charge is -2.44. The molecule has 224 valence electrons. The fraction of sp³-hybridized carbons (Fsp3) is 0.400. The summed E-state index contributed by atoms with van der Waals surface area (Å²) >= 11 is 0. The van der Waals surface area contributed by atoms with Crippen LogP contribution in [0.3, 0.4) is 0 Å². The molecule has 0 aromatic heterocycles. The maximum absolute atomic E-state index is 13.6. The third kappa shape index (κ3) is 8.17. The first kappa shape index (κ1) is 32.1. The van der Waals surface area contributed by atoms with Gasteiger partial charge in [-0.2, -0.15) is 0 Å². The monoisotopic (exact) mass is 602 g/mol. The number of cyclic esters (lactones) is 1. The molecular weight excluding hydrogens is 557 g/mol. The van der Waals surface area contributed by atoms with E-state index in [1.807, 2.05) is 48.5 Å². The van der Waals surface area contributed by atoms with Crippen LogP contribution < -0.4 is 10.4 Å². The molecule has 0 saturated heterocycles. The molecule has 1 aliphatic heterocycles. The van der Waals surface area contributed by atoms with Crippen LogP contribution in [0, 0.1) is 0 Å². The fourth-order valence-electron chi connectivity index (χ4n) is 5.59. The van der Waals surface area contributed by atoms with Crippen molar-refractivity contribution in [2.45, 2.75) is 83.2 Å². The molecule has 0 unspecified atom stereocenters. The number of carbonyl (C=O) groups excluding carboxylic acids is 1. The topological polar surface area (TPSA) is 54.0 Å². The largest absolute Gasteiger partial charge is 0.455 e. The molecule has 4 rings (SSSR count). The average Bonchev–Trinajstić information content (AvgIpc) is 3.02. The molecule has 42 heavy (non-hydrogen) atoms. The van der Waals surface area contributed by atoms with Crippen molar-refractivity contribution in [1.82, 2.24) is 0 Å². The Labute approximate surface area is 254 Å². The lowest BCUT2D eigenvalue weighted by atomic mass is 10.1. The van der Waals surface area contributed by atoms with Crippen LogP contribution in [0.25, 0.3) is 0 Å². The smallest absolute Gasteiger partial charge is 0.334 e. The predicted octanol–water partition coefficient (Wildman–Crippen LogP) is 6.63. The van der Waals surface area contributed by atoms with Gasteiger partial charge in [0.15, 0.2) is 14.4 Å². The predicted molar refractivity (Wildman–Crippen MR) is 175 cm³/mol. The molecule has 0 bridgehead atoms. The Balaban J connectivity index is 1.70. The van der Waals surface area contributed by atoms with Crippen molar-refractivity contribution in [3.05, 3.63) is 109 Å². The van der Waals surface area contributed by atoms with Crippen molar-refractivity contribution < 1.29 is 23.1 Å². The van der Waals surface area contributed by atoms with E-state index in [0.717, 1.165) is 5.56 Å². The van der Waals surface area contributed by atoms with Crippen LogP contribution in [-0.2, 0) is 29.7 Å². The Morgan fingerprint density at radius 2 is 1.31 bits per heavy atom. The van der Waals surface area contributed by atoms with Crippen LogP contribution in [0.15, 0.2) is 103 Å². The standard InChI is InChI=1S/C35H46O5Si2/c1-35(2,3)42(29-20-12-8-13-21-29,30-22-14-9-15-23-30)38-27-33-31(37-26-28-18-10-7-11-19-28)24-16-17-25-32(34(36)39-33)40-41(4,5)6/h7-23,31-33H,24-27H2,1-6H3/b17-16-/t31-,32-,33+/m0/s1. The van der Waals surface area contributed by atoms with Gasteiger partial charge in [0.05, 0.1) is 13.2 Å². The Morgan fingerprint density at radius 1 is 0.786 bits per heavy atom. The third-order valence-electron chi connectivity index (χ3n) is 7.51. The molecule has 7 heteroatoms. The molecule has 3 aromatic rings. The molecule has 0 aliphatic carbocycles. The molecule has 0 saturated carbocycles. The first-order valence-electron chi connectivity index (χ1n) is 14.9. The van der Waals surface area contributed by atoms with Gasteiger partial charge in [-0.3, -0.25) is 0 Å². The minimum absolute atomic E-state index is 0.206. The number of rotatable bonds is 10. The van der Waals surface area contributed by atoms with Crippen LogP contribution in [0.1, 0.15) is 39.2 Å². The molecule has 3 aromatic carbocycles. The van der Waals surface area contributed by atoms with E-state index in [9.17, 15) is 4.79 Å². The molecule has 0 spiro atoms.